The van der Waals surface area contributed by atoms with E-state index in [1.54, 1.807) is 0 Å². The Labute approximate surface area is 161 Å². The summed E-state index contributed by atoms with van der Waals surface area (Å²) in [6, 6.07) is 8.34. The van der Waals surface area contributed by atoms with Crippen molar-refractivity contribution in [3.8, 4) is 5.75 Å². The van der Waals surface area contributed by atoms with Crippen molar-refractivity contribution < 1.29 is 4.74 Å². The summed E-state index contributed by atoms with van der Waals surface area (Å²) in [5, 5.41) is 0. The first-order valence-corrected chi connectivity index (χ1v) is 9.53. The summed E-state index contributed by atoms with van der Waals surface area (Å²) in [6.45, 7) is 6.89. The van der Waals surface area contributed by atoms with Crippen LogP contribution in [0, 0.1) is 0 Å². The molecule has 0 N–H and O–H groups in total. The van der Waals surface area contributed by atoms with E-state index in [4.69, 9.17) is 39.5 Å². The molecule has 0 amide bonds. The number of halogens is 3. The predicted molar refractivity (Wildman–Crippen MR) is 108 cm³/mol. The Morgan fingerprint density at radius 1 is 1.04 bits per heavy atom. The minimum atomic E-state index is -1.20. The minimum absolute atomic E-state index is 0.470. The summed E-state index contributed by atoms with van der Waals surface area (Å²) in [4.78, 5) is 0. The van der Waals surface area contributed by atoms with Gasteiger partial charge in [0.15, 0.2) is 3.79 Å². The number of ether oxygens (including phenoxy) is 1. The van der Waals surface area contributed by atoms with Crippen LogP contribution >= 0.6 is 34.8 Å². The van der Waals surface area contributed by atoms with Crippen LogP contribution in [0.25, 0.3) is 0 Å². The fourth-order valence-electron chi connectivity index (χ4n) is 2.36. The van der Waals surface area contributed by atoms with Gasteiger partial charge in [0.25, 0.3) is 0 Å². The standard InChI is InChI=1S/C20H27Cl3O/c1-4-6-18-9-11-19(12-10-18)24-14-13-16(2)7-5-8-17(3)15-20(21,22)23/h8-13H,4-7,14-15H2,1-3H3. The fraction of sp³-hybridized carbons (Fsp3) is 0.500. The molecule has 24 heavy (non-hydrogen) atoms. The van der Waals surface area contributed by atoms with Crippen molar-refractivity contribution in [3.63, 3.8) is 0 Å². The van der Waals surface area contributed by atoms with Gasteiger partial charge >= 0.3 is 0 Å². The van der Waals surface area contributed by atoms with E-state index >= 15 is 0 Å². The van der Waals surface area contributed by atoms with E-state index in [9.17, 15) is 0 Å². The molecular weight excluding hydrogens is 363 g/mol. The Kier molecular flexibility index (Phi) is 9.88. The van der Waals surface area contributed by atoms with Crippen molar-refractivity contribution in [2.75, 3.05) is 6.61 Å². The second-order valence-corrected chi connectivity index (χ2v) is 8.65. The first-order valence-electron chi connectivity index (χ1n) is 8.40. The molecule has 1 aromatic carbocycles. The number of rotatable bonds is 9. The molecule has 0 aliphatic rings. The van der Waals surface area contributed by atoms with Crippen LogP contribution in [0.4, 0.5) is 0 Å². The van der Waals surface area contributed by atoms with Gasteiger partial charge in [0, 0.05) is 6.42 Å². The summed E-state index contributed by atoms with van der Waals surface area (Å²) in [5.74, 6) is 0.914. The highest BCUT2D eigenvalue weighted by atomic mass is 35.6. The molecule has 0 radical (unpaired) electrons. The van der Waals surface area contributed by atoms with Crippen molar-refractivity contribution in [1.29, 1.82) is 0 Å². The smallest absolute Gasteiger partial charge is 0.194 e. The van der Waals surface area contributed by atoms with Crippen LogP contribution in [0.1, 0.15) is 52.0 Å². The second-order valence-electron chi connectivity index (χ2n) is 6.14. The lowest BCUT2D eigenvalue weighted by Gasteiger charge is -2.10. The van der Waals surface area contributed by atoms with Gasteiger partial charge in [-0.2, -0.15) is 0 Å². The zero-order valence-corrected chi connectivity index (χ0v) is 17.0. The fourth-order valence-corrected chi connectivity index (χ4v) is 2.99. The van der Waals surface area contributed by atoms with Gasteiger partial charge in [-0.1, -0.05) is 77.5 Å². The van der Waals surface area contributed by atoms with Gasteiger partial charge < -0.3 is 4.74 Å². The molecule has 0 aliphatic carbocycles. The molecule has 0 unspecified atom stereocenters. The quantitative estimate of drug-likeness (QED) is 0.315. The summed E-state index contributed by atoms with van der Waals surface area (Å²) in [6.07, 6.45) is 8.93. The van der Waals surface area contributed by atoms with Gasteiger partial charge in [-0.15, -0.1) is 0 Å². The van der Waals surface area contributed by atoms with Crippen molar-refractivity contribution in [3.05, 3.63) is 53.1 Å². The summed E-state index contributed by atoms with van der Waals surface area (Å²) >= 11 is 17.4. The first kappa shape index (κ1) is 21.4. The Morgan fingerprint density at radius 2 is 1.71 bits per heavy atom. The number of benzene rings is 1. The van der Waals surface area contributed by atoms with E-state index in [2.05, 4.69) is 38.1 Å². The number of hydrogen-bond acceptors (Lipinski definition) is 1. The number of alkyl halides is 3. The van der Waals surface area contributed by atoms with Crippen LogP contribution in [0.3, 0.4) is 0 Å². The Hall–Kier alpha value is -0.630. The Balaban J connectivity index is 2.33. The average Bonchev–Trinajstić information content (AvgIpc) is 2.47. The van der Waals surface area contributed by atoms with Crippen molar-refractivity contribution in [2.45, 2.75) is 56.7 Å². The first-order chi connectivity index (χ1) is 11.3. The monoisotopic (exact) mass is 388 g/mol. The van der Waals surface area contributed by atoms with E-state index in [1.165, 1.54) is 11.1 Å². The van der Waals surface area contributed by atoms with Crippen LogP contribution in [-0.2, 0) is 6.42 Å². The highest BCUT2D eigenvalue weighted by Crippen LogP contribution is 2.33. The topological polar surface area (TPSA) is 9.23 Å². The molecule has 1 nitrogen and oxygen atoms in total. The Bertz CT molecular complexity index is 539. The van der Waals surface area contributed by atoms with Crippen LogP contribution in [0.2, 0.25) is 0 Å². The van der Waals surface area contributed by atoms with E-state index in [1.807, 2.05) is 19.1 Å². The van der Waals surface area contributed by atoms with E-state index in [0.29, 0.717) is 13.0 Å². The lowest BCUT2D eigenvalue weighted by Crippen LogP contribution is -2.01. The second kappa shape index (κ2) is 11.1. The third kappa shape index (κ3) is 10.3. The van der Waals surface area contributed by atoms with Gasteiger partial charge in [0.1, 0.15) is 12.4 Å². The SMILES string of the molecule is CCCc1ccc(OCC=C(C)CCC=C(C)CC(Cl)(Cl)Cl)cc1. The lowest BCUT2D eigenvalue weighted by atomic mass is 10.1. The van der Waals surface area contributed by atoms with Crippen LogP contribution < -0.4 is 4.74 Å². The molecule has 0 saturated carbocycles. The molecule has 1 aromatic rings. The molecule has 0 spiro atoms. The summed E-state index contributed by atoms with van der Waals surface area (Å²) in [5.41, 5.74) is 3.76. The molecule has 0 saturated heterocycles. The lowest BCUT2D eigenvalue weighted by molar-refractivity contribution is 0.361. The molecule has 0 bridgehead atoms. The maximum absolute atomic E-state index is 5.79. The Morgan fingerprint density at radius 3 is 2.29 bits per heavy atom. The molecule has 1 rings (SSSR count). The van der Waals surface area contributed by atoms with Crippen molar-refractivity contribution in [1.82, 2.24) is 0 Å². The molecule has 4 heteroatoms. The number of allylic oxidation sites excluding steroid dienone is 3. The summed E-state index contributed by atoms with van der Waals surface area (Å²) in [7, 11) is 0. The largest absolute Gasteiger partial charge is 0.490 e. The molecule has 0 atom stereocenters. The van der Waals surface area contributed by atoms with Crippen LogP contribution in [0.15, 0.2) is 47.6 Å². The normalized spacial score (nSPS) is 13.2. The van der Waals surface area contributed by atoms with Crippen molar-refractivity contribution >= 4 is 34.8 Å². The van der Waals surface area contributed by atoms with Gasteiger partial charge in [0.2, 0.25) is 0 Å². The molecule has 0 heterocycles. The van der Waals surface area contributed by atoms with Crippen LogP contribution in [0.5, 0.6) is 5.75 Å². The third-order valence-electron chi connectivity index (χ3n) is 3.65. The summed E-state index contributed by atoms with van der Waals surface area (Å²) < 4.78 is 4.56. The number of hydrogen-bond donors (Lipinski definition) is 0. The van der Waals surface area contributed by atoms with Gasteiger partial charge in [-0.3, -0.25) is 0 Å². The number of aryl methyl sites for hydroxylation is 1. The molecule has 0 aliphatic heterocycles. The van der Waals surface area contributed by atoms with Gasteiger partial charge in [-0.25, -0.2) is 0 Å². The molecule has 0 fully saturated rings. The molecule has 134 valence electrons. The van der Waals surface area contributed by atoms with Crippen LogP contribution in [-0.4, -0.2) is 10.4 Å². The van der Waals surface area contributed by atoms with Gasteiger partial charge in [-0.05, 0) is 56.9 Å². The van der Waals surface area contributed by atoms with Gasteiger partial charge in [0.05, 0.1) is 0 Å². The van der Waals surface area contributed by atoms with Crippen molar-refractivity contribution in [2.24, 2.45) is 0 Å². The molecule has 0 aromatic heterocycles. The molecular formula is C20H27Cl3O. The van der Waals surface area contributed by atoms with E-state index < -0.39 is 3.79 Å². The maximum Gasteiger partial charge on any atom is 0.194 e. The highest BCUT2D eigenvalue weighted by Gasteiger charge is 2.19. The third-order valence-corrected chi connectivity index (χ3v) is 4.06. The maximum atomic E-state index is 5.79. The predicted octanol–water partition coefficient (Wildman–Crippen LogP) is 7.45. The zero-order valence-electron chi connectivity index (χ0n) is 14.7. The highest BCUT2D eigenvalue weighted by molar-refractivity contribution is 6.67. The zero-order chi connectivity index (χ0) is 18.0. The average molecular weight is 390 g/mol. The van der Waals surface area contributed by atoms with E-state index in [0.717, 1.165) is 37.0 Å². The van der Waals surface area contributed by atoms with E-state index in [-0.39, 0.29) is 0 Å². The minimum Gasteiger partial charge on any atom is -0.490 e.